The van der Waals surface area contributed by atoms with Gasteiger partial charge in [-0.1, -0.05) is 288 Å². The minimum Gasteiger partial charge on any atom is -0.394 e. The summed E-state index contributed by atoms with van der Waals surface area (Å²) < 4.78 is 22.8. The standard InChI is InChI=1S/C69H129NO13/c1-3-5-7-9-11-13-15-17-19-21-22-23-24-25-26-27-28-29-30-31-32-33-34-35-37-39-41-43-45-47-49-51-53-61(74)70-57(58(73)52-50-48-46-44-42-40-38-36-20-18-16-14-12-10-8-6-4-2)56-80-68-66(79)64(77)67(60(55-72)82-68)83-69-65(78)63(76)62(75)59(54-71)81-69/h20,36,42,44,50,52,57-60,62-69,71-73,75-79H,3-19,21-35,37-41,43,45-49,51,53-56H2,1-2H3,(H,70,74)/b36-20+,44-42+,52-50+. The Morgan fingerprint density at radius 2 is 0.771 bits per heavy atom. The molecule has 0 aromatic carbocycles. The highest BCUT2D eigenvalue weighted by Gasteiger charge is 2.51. The molecule has 2 rings (SSSR count). The van der Waals surface area contributed by atoms with Crippen molar-refractivity contribution < 1.29 is 64.6 Å². The van der Waals surface area contributed by atoms with Crippen LogP contribution in [0.2, 0.25) is 0 Å². The number of unbranched alkanes of at least 4 members (excludes halogenated alkanes) is 40. The number of aliphatic hydroxyl groups excluding tert-OH is 8. The summed E-state index contributed by atoms with van der Waals surface area (Å²) in [6, 6.07) is -0.936. The normalized spacial score (nSPS) is 24.0. The monoisotopic (exact) mass is 1180 g/mol. The lowest BCUT2D eigenvalue weighted by molar-refractivity contribution is -0.359. The Hall–Kier alpha value is -1.79. The Kier molecular flexibility index (Phi) is 50.6. The van der Waals surface area contributed by atoms with Crippen molar-refractivity contribution >= 4 is 5.91 Å². The number of carbonyl (C=O) groups excluding carboxylic acids is 1. The van der Waals surface area contributed by atoms with Crippen molar-refractivity contribution in [2.24, 2.45) is 0 Å². The third-order valence-electron chi connectivity index (χ3n) is 17.1. The van der Waals surface area contributed by atoms with Crippen LogP contribution in [0.15, 0.2) is 36.5 Å². The van der Waals surface area contributed by atoms with E-state index >= 15 is 0 Å². The van der Waals surface area contributed by atoms with Gasteiger partial charge in [0.25, 0.3) is 0 Å². The molecule has 0 aromatic heterocycles. The first kappa shape index (κ1) is 77.3. The maximum absolute atomic E-state index is 13.3. The maximum Gasteiger partial charge on any atom is 0.220 e. The van der Waals surface area contributed by atoms with Crippen molar-refractivity contribution in [3.8, 4) is 0 Å². The molecule has 488 valence electrons. The van der Waals surface area contributed by atoms with E-state index in [0.717, 1.165) is 44.9 Å². The third kappa shape index (κ3) is 39.0. The molecule has 0 spiro atoms. The molecule has 14 nitrogen and oxygen atoms in total. The summed E-state index contributed by atoms with van der Waals surface area (Å²) >= 11 is 0. The van der Waals surface area contributed by atoms with Gasteiger partial charge in [-0.05, 0) is 44.9 Å². The second-order valence-electron chi connectivity index (χ2n) is 24.6. The fourth-order valence-electron chi connectivity index (χ4n) is 11.5. The lowest BCUT2D eigenvalue weighted by Crippen LogP contribution is -2.65. The molecule has 2 aliphatic rings. The zero-order valence-electron chi connectivity index (χ0n) is 53.0. The highest BCUT2D eigenvalue weighted by atomic mass is 16.7. The van der Waals surface area contributed by atoms with Gasteiger partial charge in [0.15, 0.2) is 12.6 Å². The molecule has 2 fully saturated rings. The first-order valence-electron chi connectivity index (χ1n) is 34.7. The number of allylic oxidation sites excluding steroid dienone is 5. The highest BCUT2D eigenvalue weighted by Crippen LogP contribution is 2.30. The second-order valence-corrected chi connectivity index (χ2v) is 24.6. The molecule has 2 saturated heterocycles. The molecule has 2 aliphatic heterocycles. The molecule has 12 atom stereocenters. The van der Waals surface area contributed by atoms with Crippen LogP contribution in [-0.2, 0) is 23.7 Å². The summed E-state index contributed by atoms with van der Waals surface area (Å²) in [4.78, 5) is 13.3. The summed E-state index contributed by atoms with van der Waals surface area (Å²) in [6.45, 7) is 2.80. The van der Waals surface area contributed by atoms with Gasteiger partial charge in [0, 0.05) is 6.42 Å². The van der Waals surface area contributed by atoms with E-state index in [0.29, 0.717) is 12.8 Å². The van der Waals surface area contributed by atoms with Gasteiger partial charge in [-0.3, -0.25) is 4.79 Å². The zero-order chi connectivity index (χ0) is 60.2. The molecular weight excluding hydrogens is 1050 g/mol. The van der Waals surface area contributed by atoms with E-state index < -0.39 is 86.8 Å². The van der Waals surface area contributed by atoms with Gasteiger partial charge >= 0.3 is 0 Å². The Labute approximate surface area is 506 Å². The van der Waals surface area contributed by atoms with Crippen LogP contribution in [0.3, 0.4) is 0 Å². The number of rotatable bonds is 57. The molecule has 0 radical (unpaired) electrons. The minimum absolute atomic E-state index is 0.248. The average molecular weight is 1180 g/mol. The first-order chi connectivity index (χ1) is 40.6. The minimum atomic E-state index is -1.79. The van der Waals surface area contributed by atoms with Gasteiger partial charge in [0.1, 0.15) is 48.8 Å². The topological polar surface area (TPSA) is 228 Å². The predicted octanol–water partition coefficient (Wildman–Crippen LogP) is 13.7. The molecule has 83 heavy (non-hydrogen) atoms. The summed E-state index contributed by atoms with van der Waals surface area (Å²) in [5.74, 6) is -0.248. The molecule has 12 unspecified atom stereocenters. The Morgan fingerprint density at radius 3 is 1.18 bits per heavy atom. The third-order valence-corrected chi connectivity index (χ3v) is 17.1. The fraction of sp³-hybridized carbons (Fsp3) is 0.899. The quantitative estimate of drug-likeness (QED) is 0.0204. The number of hydrogen-bond donors (Lipinski definition) is 9. The van der Waals surface area contributed by atoms with Crippen LogP contribution < -0.4 is 5.32 Å². The van der Waals surface area contributed by atoms with Crippen LogP contribution in [-0.4, -0.2) is 140 Å². The van der Waals surface area contributed by atoms with E-state index in [-0.39, 0.29) is 18.9 Å². The Morgan fingerprint density at radius 1 is 0.422 bits per heavy atom. The Bertz CT molecular complexity index is 1530. The molecule has 2 heterocycles. The molecule has 14 heteroatoms. The number of nitrogens with one attached hydrogen (secondary N) is 1. The van der Waals surface area contributed by atoms with Crippen molar-refractivity contribution in [3.63, 3.8) is 0 Å². The largest absolute Gasteiger partial charge is 0.394 e. The molecule has 0 bridgehead atoms. The van der Waals surface area contributed by atoms with Crippen LogP contribution in [0.5, 0.6) is 0 Å². The SMILES string of the molecule is CCCCCCCCC/C=C/CC/C=C/CC/C=C/C(O)C(COC1OC(CO)C(OC2OC(CO)C(O)C(O)C2O)C(O)C1O)NC(=O)CCCCCCCCCCCCCCCCCCCCCCCCCCCCCCCCCC. The van der Waals surface area contributed by atoms with Gasteiger partial charge in [0.2, 0.25) is 5.91 Å². The molecular formula is C69H129NO13. The summed E-state index contributed by atoms with van der Waals surface area (Å²) in [7, 11) is 0. The van der Waals surface area contributed by atoms with Crippen LogP contribution in [0.4, 0.5) is 0 Å². The second kappa shape index (κ2) is 54.4. The smallest absolute Gasteiger partial charge is 0.220 e. The van der Waals surface area contributed by atoms with Crippen LogP contribution in [0.1, 0.15) is 303 Å². The van der Waals surface area contributed by atoms with E-state index in [1.807, 2.05) is 6.08 Å². The zero-order valence-corrected chi connectivity index (χ0v) is 53.0. The number of carbonyl (C=O) groups is 1. The van der Waals surface area contributed by atoms with Gasteiger partial charge in [0.05, 0.1) is 32.0 Å². The van der Waals surface area contributed by atoms with Crippen molar-refractivity contribution in [1.82, 2.24) is 5.32 Å². The van der Waals surface area contributed by atoms with Gasteiger partial charge < -0.3 is 65.1 Å². The van der Waals surface area contributed by atoms with Crippen LogP contribution in [0, 0.1) is 0 Å². The Balaban J connectivity index is 1.64. The fourth-order valence-corrected chi connectivity index (χ4v) is 11.5. The van der Waals surface area contributed by atoms with Crippen molar-refractivity contribution in [2.45, 2.75) is 376 Å². The molecule has 1 amide bonds. The van der Waals surface area contributed by atoms with E-state index in [1.165, 1.54) is 225 Å². The van der Waals surface area contributed by atoms with E-state index in [9.17, 15) is 45.6 Å². The van der Waals surface area contributed by atoms with Gasteiger partial charge in [-0.25, -0.2) is 0 Å². The lowest BCUT2D eigenvalue weighted by atomic mass is 9.97. The van der Waals surface area contributed by atoms with E-state index in [2.05, 4.69) is 43.5 Å². The van der Waals surface area contributed by atoms with E-state index in [1.54, 1.807) is 6.08 Å². The number of ether oxygens (including phenoxy) is 4. The maximum atomic E-state index is 13.3. The van der Waals surface area contributed by atoms with Crippen molar-refractivity contribution in [3.05, 3.63) is 36.5 Å². The first-order valence-corrected chi connectivity index (χ1v) is 34.7. The van der Waals surface area contributed by atoms with Crippen LogP contribution >= 0.6 is 0 Å². The van der Waals surface area contributed by atoms with E-state index in [4.69, 9.17) is 18.9 Å². The van der Waals surface area contributed by atoms with Crippen molar-refractivity contribution in [1.29, 1.82) is 0 Å². The lowest BCUT2D eigenvalue weighted by Gasteiger charge is -2.46. The van der Waals surface area contributed by atoms with Gasteiger partial charge in [-0.15, -0.1) is 0 Å². The van der Waals surface area contributed by atoms with Crippen molar-refractivity contribution in [2.75, 3.05) is 19.8 Å². The summed E-state index contributed by atoms with van der Waals surface area (Å²) in [6.07, 6.45) is 52.2. The molecule has 9 N–H and O–H groups in total. The highest BCUT2D eigenvalue weighted by molar-refractivity contribution is 5.76. The molecule has 0 saturated carbocycles. The number of hydrogen-bond acceptors (Lipinski definition) is 13. The summed E-state index contributed by atoms with van der Waals surface area (Å²) in [5.41, 5.74) is 0. The average Bonchev–Trinajstić information content (AvgIpc) is 3.59. The number of aliphatic hydroxyl groups is 8. The number of amides is 1. The predicted molar refractivity (Wildman–Crippen MR) is 337 cm³/mol. The van der Waals surface area contributed by atoms with Gasteiger partial charge in [-0.2, -0.15) is 0 Å². The van der Waals surface area contributed by atoms with Crippen LogP contribution in [0.25, 0.3) is 0 Å². The molecule has 0 aliphatic carbocycles. The molecule has 0 aromatic rings. The summed E-state index contributed by atoms with van der Waals surface area (Å²) in [5, 5.41) is 87.3.